The zero-order valence-electron chi connectivity index (χ0n) is 18.9. The van der Waals surface area contributed by atoms with Crippen LogP contribution in [0.2, 0.25) is 0 Å². The Morgan fingerprint density at radius 3 is 2.32 bits per heavy atom. The molecule has 0 bridgehead atoms. The van der Waals surface area contributed by atoms with Gasteiger partial charge in [-0.1, -0.05) is 42.5 Å². The Hall–Kier alpha value is -3.93. The fourth-order valence-corrected chi connectivity index (χ4v) is 3.16. The molecule has 0 saturated heterocycles. The quantitative estimate of drug-likeness (QED) is 0.0678. The second-order valence-electron chi connectivity index (χ2n) is 7.00. The summed E-state index contributed by atoms with van der Waals surface area (Å²) in [5.41, 5.74) is 1.46. The van der Waals surface area contributed by atoms with Gasteiger partial charge >= 0.3 is 11.9 Å². The minimum Gasteiger partial charge on any atom is -0.569 e. The minimum atomic E-state index is -3.34. The lowest BCUT2D eigenvalue weighted by Crippen LogP contribution is -2.30. The van der Waals surface area contributed by atoms with Gasteiger partial charge in [-0.25, -0.2) is 13.2 Å². The fourth-order valence-electron chi connectivity index (χ4n) is 2.53. The molecule has 182 valence electrons. The summed E-state index contributed by atoms with van der Waals surface area (Å²) in [6.07, 6.45) is 2.70. The molecule has 0 aromatic heterocycles. The molecule has 0 N–H and O–H groups in total. The van der Waals surface area contributed by atoms with E-state index in [1.807, 2.05) is 0 Å². The van der Waals surface area contributed by atoms with Crippen LogP contribution in [0.4, 0.5) is 0 Å². The molecule has 0 saturated carbocycles. The monoisotopic (exact) mass is 491 g/mol. The highest BCUT2D eigenvalue weighted by atomic mass is 32.2. The van der Waals surface area contributed by atoms with Crippen molar-refractivity contribution in [3.05, 3.63) is 70.9 Å². The molecule has 0 heterocycles. The lowest BCUT2D eigenvalue weighted by Gasteiger charge is -2.14. The Morgan fingerprint density at radius 2 is 1.74 bits per heavy atom. The van der Waals surface area contributed by atoms with Gasteiger partial charge in [-0.15, -0.1) is 5.01 Å². The zero-order chi connectivity index (χ0) is 25.1. The number of esters is 2. The summed E-state index contributed by atoms with van der Waals surface area (Å²) in [7, 11) is -1.94. The van der Waals surface area contributed by atoms with E-state index in [0.717, 1.165) is 11.3 Å². The second kappa shape index (κ2) is 12.3. The van der Waals surface area contributed by atoms with Crippen molar-refractivity contribution < 1.29 is 37.3 Å². The molecule has 2 aromatic rings. The maximum atomic E-state index is 12.8. The predicted octanol–water partition coefficient (Wildman–Crippen LogP) is 2.44. The maximum absolute atomic E-state index is 12.8. The molecular weight excluding hydrogens is 466 g/mol. The van der Waals surface area contributed by atoms with Crippen LogP contribution >= 0.6 is 0 Å². The number of nitrogens with zero attached hydrogens (tertiary/aromatic N) is 3. The van der Waals surface area contributed by atoms with Gasteiger partial charge in [0.15, 0.2) is 9.84 Å². The van der Waals surface area contributed by atoms with Gasteiger partial charge in [0.25, 0.3) is 6.79 Å². The number of hydrogen-bond acceptors (Lipinski definition) is 9. The molecule has 0 atom stereocenters. The molecular formula is C22H25N3O8S. The number of carbonyl (C=O) groups excluding carboxylic acids is 2. The van der Waals surface area contributed by atoms with Crippen LogP contribution in [0.5, 0.6) is 0 Å². The molecule has 2 rings (SSSR count). The van der Waals surface area contributed by atoms with Crippen molar-refractivity contribution in [2.75, 3.05) is 33.2 Å². The molecule has 0 unspecified atom stereocenters. The highest BCUT2D eigenvalue weighted by Gasteiger charge is 2.16. The topological polar surface area (TPSA) is 138 Å². The van der Waals surface area contributed by atoms with Crippen molar-refractivity contribution in [2.24, 2.45) is 5.28 Å². The van der Waals surface area contributed by atoms with Gasteiger partial charge in [0.2, 0.25) is 5.28 Å². The van der Waals surface area contributed by atoms with E-state index in [1.54, 1.807) is 48.5 Å². The van der Waals surface area contributed by atoms with Crippen molar-refractivity contribution in [1.82, 2.24) is 5.01 Å². The Labute approximate surface area is 197 Å². The third-order valence-electron chi connectivity index (χ3n) is 4.31. The van der Waals surface area contributed by atoms with Gasteiger partial charge in [0, 0.05) is 13.2 Å². The lowest BCUT2D eigenvalue weighted by atomic mass is 10.0. The van der Waals surface area contributed by atoms with Crippen LogP contribution < -0.4 is 0 Å². The normalized spacial score (nSPS) is 12.1. The number of hydrazine groups is 1. The molecule has 0 radical (unpaired) electrons. The molecule has 0 spiro atoms. The van der Waals surface area contributed by atoms with E-state index in [4.69, 9.17) is 4.74 Å². The van der Waals surface area contributed by atoms with E-state index in [-0.39, 0.29) is 28.6 Å². The number of benzene rings is 2. The second-order valence-corrected chi connectivity index (χ2v) is 9.02. The van der Waals surface area contributed by atoms with Crippen molar-refractivity contribution >= 4 is 33.4 Å². The van der Waals surface area contributed by atoms with Crippen LogP contribution in [0, 0.1) is 5.21 Å². The van der Waals surface area contributed by atoms with Gasteiger partial charge in [-0.05, 0) is 29.3 Å². The smallest absolute Gasteiger partial charge is 0.338 e. The zero-order valence-corrected chi connectivity index (χ0v) is 19.7. The van der Waals surface area contributed by atoms with Gasteiger partial charge in [0.1, 0.15) is 13.2 Å². The average Bonchev–Trinajstić information content (AvgIpc) is 2.80. The van der Waals surface area contributed by atoms with Crippen molar-refractivity contribution in [3.63, 3.8) is 0 Å². The van der Waals surface area contributed by atoms with Crippen molar-refractivity contribution in [3.8, 4) is 0 Å². The summed E-state index contributed by atoms with van der Waals surface area (Å²) in [4.78, 5) is 28.3. The molecule has 0 aliphatic rings. The molecule has 12 heteroatoms. The first kappa shape index (κ1) is 26.3. The average molecular weight is 492 g/mol. The van der Waals surface area contributed by atoms with E-state index in [1.165, 1.54) is 26.1 Å². The summed E-state index contributed by atoms with van der Waals surface area (Å²) in [6.45, 7) is 0.542. The van der Waals surface area contributed by atoms with E-state index in [0.29, 0.717) is 11.1 Å². The van der Waals surface area contributed by atoms with E-state index >= 15 is 0 Å². The number of hydrogen-bond donors (Lipinski definition) is 0. The van der Waals surface area contributed by atoms with Crippen LogP contribution in [0.25, 0.3) is 11.6 Å². The first-order valence-electron chi connectivity index (χ1n) is 9.97. The van der Waals surface area contributed by atoms with E-state index in [9.17, 15) is 23.2 Å². The van der Waals surface area contributed by atoms with Gasteiger partial charge in [-0.3, -0.25) is 4.79 Å². The molecule has 34 heavy (non-hydrogen) atoms. The maximum Gasteiger partial charge on any atom is 0.338 e. The molecule has 0 amide bonds. The molecule has 0 aliphatic heterocycles. The van der Waals surface area contributed by atoms with Crippen LogP contribution in [-0.2, 0) is 33.7 Å². The summed E-state index contributed by atoms with van der Waals surface area (Å²) in [6, 6.07) is 14.9. The number of ether oxygens (including phenoxy) is 2. The van der Waals surface area contributed by atoms with Crippen LogP contribution in [0.1, 0.15) is 18.1 Å². The highest BCUT2D eigenvalue weighted by molar-refractivity contribution is 7.90. The number of carbonyl (C=O) groups is 2. The number of likely N-dealkylation sites (N-methyl/N-ethyl adjacent to an activating group) is 1. The fraction of sp³-hybridized carbons (Fsp3) is 0.273. The molecule has 11 nitrogen and oxygen atoms in total. The Balaban J connectivity index is 2.07. The minimum absolute atomic E-state index is 0.000785. The summed E-state index contributed by atoms with van der Waals surface area (Å²) >= 11 is 0. The van der Waals surface area contributed by atoms with Gasteiger partial charge in [-0.2, -0.15) is 0 Å². The Morgan fingerprint density at radius 1 is 1.09 bits per heavy atom. The number of sulfone groups is 1. The molecule has 2 aromatic carbocycles. The summed E-state index contributed by atoms with van der Waals surface area (Å²) < 4.78 is 33.1. The van der Waals surface area contributed by atoms with Gasteiger partial charge < -0.3 is 19.5 Å². The summed E-state index contributed by atoms with van der Waals surface area (Å²) in [5, 5.41) is 16.0. The Bertz CT molecular complexity index is 1150. The van der Waals surface area contributed by atoms with Gasteiger partial charge in [0.05, 0.1) is 22.5 Å². The third-order valence-corrected chi connectivity index (χ3v) is 5.44. The first-order valence-corrected chi connectivity index (χ1v) is 11.9. The van der Waals surface area contributed by atoms with Crippen LogP contribution in [0.3, 0.4) is 0 Å². The third kappa shape index (κ3) is 8.54. The lowest BCUT2D eigenvalue weighted by molar-refractivity contribution is -0.706. The first-order chi connectivity index (χ1) is 16.1. The highest BCUT2D eigenvalue weighted by Crippen LogP contribution is 2.21. The van der Waals surface area contributed by atoms with Crippen molar-refractivity contribution in [2.45, 2.75) is 11.8 Å². The van der Waals surface area contributed by atoms with Crippen LogP contribution in [0.15, 0.2) is 64.8 Å². The number of rotatable bonds is 11. The molecule has 0 aliphatic carbocycles. The largest absolute Gasteiger partial charge is 0.569 e. The Kier molecular flexibility index (Phi) is 9.56. The summed E-state index contributed by atoms with van der Waals surface area (Å²) in [5.74, 6) is -1.21. The van der Waals surface area contributed by atoms with Crippen LogP contribution in [-0.4, -0.2) is 63.6 Å². The van der Waals surface area contributed by atoms with E-state index in [2.05, 4.69) is 14.9 Å². The molecule has 0 fully saturated rings. The standard InChI is InChI=1S/C22H25N3O8S/c1-17(26)32-16-33-23-25(28)24(2)13-14-31-22(27)21(19-7-5-4-6-8-19)15-18-9-11-20(12-10-18)34(3,29)30/h4-12,15H,13-14,16H2,1-3H3/b21-15+,25-23-. The van der Waals surface area contributed by atoms with Crippen molar-refractivity contribution in [1.29, 1.82) is 0 Å². The SMILES string of the molecule is CC(=O)OCO/N=[N+](\[O-])N(C)CCOC(=O)/C(=C/c1ccc(S(C)(=O)=O)cc1)c1ccccc1. The predicted molar refractivity (Wildman–Crippen MR) is 121 cm³/mol. The van der Waals surface area contributed by atoms with E-state index < -0.39 is 28.6 Å².